The molecule has 1 N–H and O–H groups in total. The third kappa shape index (κ3) is 6.81. The van der Waals surface area contributed by atoms with Crippen molar-refractivity contribution in [2.24, 2.45) is 0 Å². The predicted molar refractivity (Wildman–Crippen MR) is 93.1 cm³/mol. The summed E-state index contributed by atoms with van der Waals surface area (Å²) < 4.78 is 11.2. The summed E-state index contributed by atoms with van der Waals surface area (Å²) in [6.45, 7) is 9.91. The van der Waals surface area contributed by atoms with Gasteiger partial charge in [-0.15, -0.1) is 0 Å². The summed E-state index contributed by atoms with van der Waals surface area (Å²) in [5.74, 6) is 3.36. The van der Waals surface area contributed by atoms with Crippen LogP contribution in [0, 0.1) is 0 Å². The van der Waals surface area contributed by atoms with Gasteiger partial charge in [0, 0.05) is 17.8 Å². The van der Waals surface area contributed by atoms with Crippen molar-refractivity contribution in [3.63, 3.8) is 0 Å². The lowest BCUT2D eigenvalue weighted by atomic mass is 10.1. The summed E-state index contributed by atoms with van der Waals surface area (Å²) in [7, 11) is 1.64. The molecule has 0 bridgehead atoms. The fourth-order valence-corrected chi connectivity index (χ4v) is 2.51. The molecule has 0 fully saturated rings. The van der Waals surface area contributed by atoms with Gasteiger partial charge in [0.05, 0.1) is 18.7 Å². The van der Waals surface area contributed by atoms with Crippen molar-refractivity contribution in [2.75, 3.05) is 25.2 Å². The number of thioether (sulfide) groups is 1. The van der Waals surface area contributed by atoms with Crippen molar-refractivity contribution in [1.82, 2.24) is 5.32 Å². The Kier molecular flexibility index (Phi) is 7.71. The van der Waals surface area contributed by atoms with E-state index in [1.807, 2.05) is 23.9 Å². The number of methoxy groups -OCH3 is 1. The first-order valence-corrected chi connectivity index (χ1v) is 8.72. The second-order valence-electron chi connectivity index (χ2n) is 5.76. The van der Waals surface area contributed by atoms with Crippen molar-refractivity contribution in [3.05, 3.63) is 22.7 Å². The van der Waals surface area contributed by atoms with Gasteiger partial charge >= 0.3 is 0 Å². The van der Waals surface area contributed by atoms with Crippen LogP contribution in [0.5, 0.6) is 11.5 Å². The molecule has 0 saturated carbocycles. The van der Waals surface area contributed by atoms with Crippen LogP contribution in [0.25, 0.3) is 0 Å². The van der Waals surface area contributed by atoms with Crippen LogP contribution < -0.4 is 14.8 Å². The maximum Gasteiger partial charge on any atom is 0.179 e. The van der Waals surface area contributed by atoms with Crippen LogP contribution in [0.2, 0.25) is 5.02 Å². The molecule has 21 heavy (non-hydrogen) atoms. The van der Waals surface area contributed by atoms with E-state index in [0.29, 0.717) is 23.1 Å². The summed E-state index contributed by atoms with van der Waals surface area (Å²) in [6.07, 6.45) is 0. The first-order valence-electron chi connectivity index (χ1n) is 7.19. The van der Waals surface area contributed by atoms with E-state index in [9.17, 15) is 0 Å². The van der Waals surface area contributed by atoms with Crippen LogP contribution in [0.1, 0.15) is 33.3 Å². The van der Waals surface area contributed by atoms with Gasteiger partial charge in [-0.25, -0.2) is 0 Å². The molecule has 1 aromatic rings. The van der Waals surface area contributed by atoms with Crippen molar-refractivity contribution >= 4 is 23.4 Å². The van der Waals surface area contributed by atoms with Crippen molar-refractivity contribution in [2.45, 2.75) is 39.8 Å². The topological polar surface area (TPSA) is 30.5 Å². The Morgan fingerprint density at radius 2 is 2.00 bits per heavy atom. The molecular weight excluding hydrogens is 306 g/mol. The number of rotatable bonds is 8. The van der Waals surface area contributed by atoms with Gasteiger partial charge in [-0.2, -0.15) is 11.8 Å². The second kappa shape index (κ2) is 8.76. The van der Waals surface area contributed by atoms with Gasteiger partial charge < -0.3 is 14.8 Å². The van der Waals surface area contributed by atoms with Crippen LogP contribution >= 0.6 is 23.4 Å². The second-order valence-corrected chi connectivity index (χ2v) is 7.56. The van der Waals surface area contributed by atoms with Gasteiger partial charge in [0.25, 0.3) is 0 Å². The number of hydrogen-bond acceptors (Lipinski definition) is 4. The Bertz CT molecular complexity index is 447. The van der Waals surface area contributed by atoms with E-state index in [2.05, 4.69) is 33.0 Å². The van der Waals surface area contributed by atoms with Gasteiger partial charge in [0.15, 0.2) is 11.5 Å². The smallest absolute Gasteiger partial charge is 0.179 e. The van der Waals surface area contributed by atoms with Crippen molar-refractivity contribution < 1.29 is 9.47 Å². The fraction of sp³-hybridized carbons (Fsp3) is 0.625. The molecule has 120 valence electrons. The minimum atomic E-state index is 0.0618. The molecule has 0 aliphatic carbocycles. The van der Waals surface area contributed by atoms with E-state index in [1.165, 1.54) is 0 Å². The zero-order valence-electron chi connectivity index (χ0n) is 13.6. The highest BCUT2D eigenvalue weighted by Crippen LogP contribution is 2.36. The summed E-state index contributed by atoms with van der Waals surface area (Å²) in [4.78, 5) is 0. The monoisotopic (exact) mass is 331 g/mol. The lowest BCUT2D eigenvalue weighted by Gasteiger charge is -2.21. The van der Waals surface area contributed by atoms with Gasteiger partial charge in [-0.3, -0.25) is 0 Å². The molecule has 3 nitrogen and oxygen atoms in total. The lowest BCUT2D eigenvalue weighted by molar-refractivity contribution is 0.313. The normalized spacial score (nSPS) is 11.5. The van der Waals surface area contributed by atoms with E-state index < -0.39 is 0 Å². The number of hydrogen-bond donors (Lipinski definition) is 1. The highest BCUT2D eigenvalue weighted by molar-refractivity contribution is 7.99. The third-order valence-electron chi connectivity index (χ3n) is 2.79. The molecule has 1 rings (SSSR count). The first-order chi connectivity index (χ1) is 9.87. The van der Waals surface area contributed by atoms with E-state index in [-0.39, 0.29) is 5.54 Å². The molecular formula is C16H26ClNO2S. The number of halogens is 1. The van der Waals surface area contributed by atoms with E-state index >= 15 is 0 Å². The molecule has 0 aromatic heterocycles. The molecule has 0 atom stereocenters. The number of nitrogens with one attached hydrogen (secondary N) is 1. The quantitative estimate of drug-likeness (QED) is 0.717. The molecule has 0 aliphatic rings. The predicted octanol–water partition coefficient (Wildman–Crippen LogP) is 4.37. The third-order valence-corrected chi connectivity index (χ3v) is 3.93. The van der Waals surface area contributed by atoms with Crippen LogP contribution in [0.4, 0.5) is 0 Å². The highest BCUT2D eigenvalue weighted by atomic mass is 35.5. The van der Waals surface area contributed by atoms with E-state index in [0.717, 1.165) is 23.6 Å². The van der Waals surface area contributed by atoms with Crippen LogP contribution in [0.15, 0.2) is 12.1 Å². The maximum absolute atomic E-state index is 6.34. The molecule has 0 unspecified atom stereocenters. The Hall–Kier alpha value is -0.580. The average Bonchev–Trinajstić information content (AvgIpc) is 2.41. The molecule has 5 heteroatoms. The molecule has 1 aromatic carbocycles. The van der Waals surface area contributed by atoms with Crippen LogP contribution in [-0.2, 0) is 6.54 Å². The number of benzene rings is 1. The van der Waals surface area contributed by atoms with Crippen LogP contribution in [-0.4, -0.2) is 30.8 Å². The zero-order chi connectivity index (χ0) is 15.9. The zero-order valence-corrected chi connectivity index (χ0v) is 15.2. The fourth-order valence-electron chi connectivity index (χ4n) is 1.73. The molecule has 0 heterocycles. The summed E-state index contributed by atoms with van der Waals surface area (Å²) in [5.41, 5.74) is 1.15. The maximum atomic E-state index is 6.34. The number of ether oxygens (including phenoxy) is 2. The van der Waals surface area contributed by atoms with Gasteiger partial charge in [-0.1, -0.05) is 18.5 Å². The van der Waals surface area contributed by atoms with Crippen LogP contribution in [0.3, 0.4) is 0 Å². The Labute approximate surface area is 137 Å². The summed E-state index contributed by atoms with van der Waals surface area (Å²) in [5, 5.41) is 4.04. The van der Waals surface area contributed by atoms with Crippen molar-refractivity contribution in [3.8, 4) is 11.5 Å². The molecule has 0 aliphatic heterocycles. The first kappa shape index (κ1) is 18.5. The van der Waals surface area contributed by atoms with Gasteiger partial charge in [0.1, 0.15) is 0 Å². The standard InChI is InChI=1S/C16H26ClNO2S/c1-6-21-8-7-20-15-13(17)9-12(10-14(15)19-5)11-18-16(2,3)4/h9-10,18H,6-8,11H2,1-5H3. The highest BCUT2D eigenvalue weighted by Gasteiger charge is 2.14. The van der Waals surface area contributed by atoms with E-state index in [4.69, 9.17) is 21.1 Å². The van der Waals surface area contributed by atoms with E-state index in [1.54, 1.807) is 7.11 Å². The molecule has 0 saturated heterocycles. The molecule has 0 spiro atoms. The molecule has 0 radical (unpaired) electrons. The summed E-state index contributed by atoms with van der Waals surface area (Å²) >= 11 is 8.18. The average molecular weight is 332 g/mol. The lowest BCUT2D eigenvalue weighted by Crippen LogP contribution is -2.35. The SMILES string of the molecule is CCSCCOc1c(Cl)cc(CNC(C)(C)C)cc1OC. The Balaban J connectivity index is 2.77. The molecule has 0 amide bonds. The van der Waals surface area contributed by atoms with Gasteiger partial charge in [0.2, 0.25) is 0 Å². The minimum Gasteiger partial charge on any atom is -0.493 e. The Morgan fingerprint density at radius 3 is 2.57 bits per heavy atom. The van der Waals surface area contributed by atoms with Gasteiger partial charge in [-0.05, 0) is 44.2 Å². The Morgan fingerprint density at radius 1 is 1.29 bits per heavy atom. The summed E-state index contributed by atoms with van der Waals surface area (Å²) in [6, 6.07) is 3.91. The van der Waals surface area contributed by atoms with Crippen molar-refractivity contribution in [1.29, 1.82) is 0 Å². The minimum absolute atomic E-state index is 0.0618. The largest absolute Gasteiger partial charge is 0.493 e.